The molecule has 1 rings (SSSR count). The summed E-state index contributed by atoms with van der Waals surface area (Å²) in [5.74, 6) is 0.488. The maximum absolute atomic E-state index is 12.0. The summed E-state index contributed by atoms with van der Waals surface area (Å²) in [7, 11) is 1.55. The molecule has 0 aromatic heterocycles. The minimum Gasteiger partial charge on any atom is -0.497 e. The van der Waals surface area contributed by atoms with Crippen molar-refractivity contribution in [2.75, 3.05) is 20.2 Å². The van der Waals surface area contributed by atoms with Crippen molar-refractivity contribution in [2.24, 2.45) is 0 Å². The first-order valence-corrected chi connectivity index (χ1v) is 5.03. The first kappa shape index (κ1) is 12.1. The molecule has 0 N–H and O–H groups in total. The van der Waals surface area contributed by atoms with E-state index in [1.165, 1.54) is 4.90 Å². The van der Waals surface area contributed by atoms with Gasteiger partial charge in [-0.25, -0.2) is 0 Å². The molecule has 4 nitrogen and oxygen atoms in total. The van der Waals surface area contributed by atoms with Crippen LogP contribution >= 0.6 is 0 Å². The van der Waals surface area contributed by atoms with Gasteiger partial charge in [-0.1, -0.05) is 6.07 Å². The molecule has 0 unspecified atom stereocenters. The molecule has 0 aliphatic carbocycles. The van der Waals surface area contributed by atoms with E-state index in [-0.39, 0.29) is 12.5 Å². The Labute approximate surface area is 95.0 Å². The van der Waals surface area contributed by atoms with Crippen LogP contribution in [0.15, 0.2) is 24.3 Å². The first-order chi connectivity index (χ1) is 7.72. The lowest BCUT2D eigenvalue weighted by Gasteiger charge is -2.17. The molecule has 0 bridgehead atoms. The molecule has 1 amide bonds. The van der Waals surface area contributed by atoms with Crippen LogP contribution in [0.3, 0.4) is 0 Å². The van der Waals surface area contributed by atoms with E-state index in [0.717, 1.165) is 0 Å². The second-order valence-corrected chi connectivity index (χ2v) is 3.21. The summed E-state index contributed by atoms with van der Waals surface area (Å²) < 4.78 is 5.04. The van der Waals surface area contributed by atoms with Crippen molar-refractivity contribution in [1.29, 1.82) is 5.26 Å². The zero-order chi connectivity index (χ0) is 12.0. The fourth-order valence-electron chi connectivity index (χ4n) is 1.35. The van der Waals surface area contributed by atoms with Crippen molar-refractivity contribution in [2.45, 2.75) is 6.92 Å². The Morgan fingerprint density at radius 3 is 2.88 bits per heavy atom. The topological polar surface area (TPSA) is 53.3 Å². The molecule has 0 atom stereocenters. The van der Waals surface area contributed by atoms with E-state index in [1.54, 1.807) is 31.4 Å². The third-order valence-corrected chi connectivity index (χ3v) is 2.25. The highest BCUT2D eigenvalue weighted by Crippen LogP contribution is 2.14. The summed E-state index contributed by atoms with van der Waals surface area (Å²) in [6.07, 6.45) is 0. The molecule has 1 aromatic carbocycles. The van der Waals surface area contributed by atoms with Crippen LogP contribution in [0.1, 0.15) is 17.3 Å². The summed E-state index contributed by atoms with van der Waals surface area (Å²) in [4.78, 5) is 13.4. The Kier molecular flexibility index (Phi) is 4.34. The number of hydrogen-bond acceptors (Lipinski definition) is 3. The summed E-state index contributed by atoms with van der Waals surface area (Å²) in [6.45, 7) is 2.46. The smallest absolute Gasteiger partial charge is 0.254 e. The molecule has 0 spiro atoms. The Bertz CT molecular complexity index is 410. The van der Waals surface area contributed by atoms with E-state index in [2.05, 4.69) is 0 Å². The highest BCUT2D eigenvalue weighted by atomic mass is 16.5. The molecular weight excluding hydrogens is 204 g/mol. The molecule has 0 saturated carbocycles. The third kappa shape index (κ3) is 2.74. The van der Waals surface area contributed by atoms with Gasteiger partial charge in [-0.05, 0) is 25.1 Å². The van der Waals surface area contributed by atoms with Crippen molar-refractivity contribution >= 4 is 5.91 Å². The van der Waals surface area contributed by atoms with E-state index in [4.69, 9.17) is 10.00 Å². The molecule has 0 radical (unpaired) electrons. The largest absolute Gasteiger partial charge is 0.497 e. The van der Waals surface area contributed by atoms with Crippen LogP contribution in [0.4, 0.5) is 0 Å². The molecule has 0 aliphatic heterocycles. The highest BCUT2D eigenvalue weighted by molar-refractivity contribution is 5.94. The SMILES string of the molecule is CCN(CC#N)C(=O)c1cccc(OC)c1. The van der Waals surface area contributed by atoms with E-state index in [9.17, 15) is 4.79 Å². The summed E-state index contributed by atoms with van der Waals surface area (Å²) in [5.41, 5.74) is 0.538. The molecule has 16 heavy (non-hydrogen) atoms. The van der Waals surface area contributed by atoms with Gasteiger partial charge < -0.3 is 9.64 Å². The van der Waals surface area contributed by atoms with E-state index in [0.29, 0.717) is 17.9 Å². The van der Waals surface area contributed by atoms with Crippen LogP contribution in [0.2, 0.25) is 0 Å². The number of rotatable bonds is 4. The first-order valence-electron chi connectivity index (χ1n) is 5.03. The maximum atomic E-state index is 12.0. The van der Waals surface area contributed by atoms with Gasteiger partial charge in [0.2, 0.25) is 0 Å². The second kappa shape index (κ2) is 5.76. The van der Waals surface area contributed by atoms with E-state index < -0.39 is 0 Å². The Morgan fingerprint density at radius 2 is 2.31 bits per heavy atom. The fourth-order valence-corrected chi connectivity index (χ4v) is 1.35. The van der Waals surface area contributed by atoms with Crippen LogP contribution in [0.25, 0.3) is 0 Å². The summed E-state index contributed by atoms with van der Waals surface area (Å²) in [6, 6.07) is 8.89. The lowest BCUT2D eigenvalue weighted by molar-refractivity contribution is 0.0784. The van der Waals surface area contributed by atoms with Gasteiger partial charge in [0.15, 0.2) is 0 Å². The molecule has 0 heterocycles. The second-order valence-electron chi connectivity index (χ2n) is 3.21. The van der Waals surface area contributed by atoms with Crippen LogP contribution < -0.4 is 4.74 Å². The number of hydrogen-bond donors (Lipinski definition) is 0. The molecule has 0 fully saturated rings. The number of carbonyl (C=O) groups is 1. The molecule has 84 valence electrons. The summed E-state index contributed by atoms with van der Waals surface area (Å²) >= 11 is 0. The molecule has 0 saturated heterocycles. The van der Waals surface area contributed by atoms with Gasteiger partial charge in [0, 0.05) is 12.1 Å². The van der Waals surface area contributed by atoms with Crippen LogP contribution in [0, 0.1) is 11.3 Å². The standard InChI is InChI=1S/C12H14N2O2/c1-3-14(8-7-13)12(15)10-5-4-6-11(9-10)16-2/h4-6,9H,3,8H2,1-2H3. The lowest BCUT2D eigenvalue weighted by atomic mass is 10.2. The zero-order valence-corrected chi connectivity index (χ0v) is 9.43. The predicted molar refractivity (Wildman–Crippen MR) is 60.2 cm³/mol. The number of methoxy groups -OCH3 is 1. The monoisotopic (exact) mass is 218 g/mol. The average molecular weight is 218 g/mol. The summed E-state index contributed by atoms with van der Waals surface area (Å²) in [5, 5.41) is 8.60. The van der Waals surface area contributed by atoms with Crippen molar-refractivity contribution in [3.05, 3.63) is 29.8 Å². The van der Waals surface area contributed by atoms with Gasteiger partial charge in [0.1, 0.15) is 12.3 Å². The molecule has 0 aliphatic rings. The van der Waals surface area contributed by atoms with E-state index in [1.807, 2.05) is 13.0 Å². The zero-order valence-electron chi connectivity index (χ0n) is 9.43. The minimum atomic E-state index is -0.150. The minimum absolute atomic E-state index is 0.104. The van der Waals surface area contributed by atoms with E-state index >= 15 is 0 Å². The average Bonchev–Trinajstić information content (AvgIpc) is 2.35. The number of benzene rings is 1. The van der Waals surface area contributed by atoms with Gasteiger partial charge in [-0.2, -0.15) is 5.26 Å². The number of ether oxygens (including phenoxy) is 1. The predicted octanol–water partition coefficient (Wildman–Crippen LogP) is 1.68. The van der Waals surface area contributed by atoms with Gasteiger partial charge >= 0.3 is 0 Å². The fraction of sp³-hybridized carbons (Fsp3) is 0.333. The van der Waals surface area contributed by atoms with Crippen LogP contribution in [-0.4, -0.2) is 31.0 Å². The van der Waals surface area contributed by atoms with Crippen molar-refractivity contribution < 1.29 is 9.53 Å². The Balaban J connectivity index is 2.90. The number of nitrogens with zero attached hydrogens (tertiary/aromatic N) is 2. The van der Waals surface area contributed by atoms with Crippen LogP contribution in [-0.2, 0) is 0 Å². The van der Waals surface area contributed by atoms with Crippen molar-refractivity contribution in [3.8, 4) is 11.8 Å². The Morgan fingerprint density at radius 1 is 1.56 bits per heavy atom. The van der Waals surface area contributed by atoms with Crippen molar-refractivity contribution in [1.82, 2.24) is 4.90 Å². The number of nitriles is 1. The van der Waals surface area contributed by atoms with Crippen LogP contribution in [0.5, 0.6) is 5.75 Å². The third-order valence-electron chi connectivity index (χ3n) is 2.25. The van der Waals surface area contributed by atoms with Gasteiger partial charge in [-0.15, -0.1) is 0 Å². The van der Waals surface area contributed by atoms with Gasteiger partial charge in [0.05, 0.1) is 13.2 Å². The van der Waals surface area contributed by atoms with Gasteiger partial charge in [0.25, 0.3) is 5.91 Å². The Hall–Kier alpha value is -2.02. The highest BCUT2D eigenvalue weighted by Gasteiger charge is 2.13. The lowest BCUT2D eigenvalue weighted by Crippen LogP contribution is -2.31. The number of carbonyl (C=O) groups excluding carboxylic acids is 1. The molecular formula is C12H14N2O2. The van der Waals surface area contributed by atoms with Crippen molar-refractivity contribution in [3.63, 3.8) is 0 Å². The molecule has 1 aromatic rings. The maximum Gasteiger partial charge on any atom is 0.254 e. The van der Waals surface area contributed by atoms with Gasteiger partial charge in [-0.3, -0.25) is 4.79 Å². The number of amides is 1. The normalized spacial score (nSPS) is 9.31. The molecule has 4 heteroatoms. The quantitative estimate of drug-likeness (QED) is 0.722.